The lowest BCUT2D eigenvalue weighted by molar-refractivity contribution is -0.197. The largest absolute Gasteiger partial charge is 0.469 e. The lowest BCUT2D eigenvalue weighted by Crippen LogP contribution is -2.68. The second-order valence-electron chi connectivity index (χ2n) is 25.3. The molecule has 23 atom stereocenters. The fourth-order valence-electron chi connectivity index (χ4n) is 18.9. The number of Topliss-reactive ketones (excluding diaryl/α,β-unsaturated/α-hetero) is 3. The van der Waals surface area contributed by atoms with E-state index in [1.807, 2.05) is 0 Å². The number of alkyl halides is 2. The number of carbonyl (C=O) groups is 7. The van der Waals surface area contributed by atoms with Crippen molar-refractivity contribution >= 4 is 73.1 Å². The molecule has 14 heteroatoms. The van der Waals surface area contributed by atoms with Crippen molar-refractivity contribution in [1.29, 1.82) is 0 Å². The molecule has 414 valence electrons. The van der Waals surface area contributed by atoms with Gasteiger partial charge < -0.3 is 24.1 Å². The summed E-state index contributed by atoms with van der Waals surface area (Å²) in [4.78, 5) is 89.4. The van der Waals surface area contributed by atoms with Crippen LogP contribution in [0.15, 0.2) is 0 Å². The molecule has 0 amide bonds. The summed E-state index contributed by atoms with van der Waals surface area (Å²) in [6, 6.07) is 0. The topological polar surface area (TPSA) is 177 Å². The Bertz CT molecular complexity index is 2080. The highest BCUT2D eigenvalue weighted by Crippen LogP contribution is 2.71. The predicted octanol–water partition coefficient (Wildman–Crippen LogP) is 11.5. The van der Waals surface area contributed by atoms with Crippen molar-refractivity contribution in [2.75, 3.05) is 14.2 Å². The fraction of sp³-hybridized carbons (Fsp3) is 0.881. The minimum absolute atomic E-state index is 0. The van der Waals surface area contributed by atoms with Crippen LogP contribution in [-0.2, 0) is 52.5 Å². The summed E-state index contributed by atoms with van der Waals surface area (Å²) >= 11 is 7.89. The summed E-state index contributed by atoms with van der Waals surface area (Å²) in [5.41, 5.74) is -0.978. The van der Waals surface area contributed by atoms with Crippen molar-refractivity contribution in [2.45, 2.75) is 207 Å². The monoisotopic (exact) mass is 1150 g/mol. The van der Waals surface area contributed by atoms with Gasteiger partial charge in [-0.25, -0.2) is 0 Å². The van der Waals surface area contributed by atoms with E-state index in [0.717, 1.165) is 77.0 Å². The Hall–Kier alpha value is -2.19. The van der Waals surface area contributed by atoms with Gasteiger partial charge in [-0.05, 0) is 159 Å². The van der Waals surface area contributed by atoms with Gasteiger partial charge >= 0.3 is 23.9 Å². The number of ketones is 3. The van der Waals surface area contributed by atoms with Crippen LogP contribution < -0.4 is 0 Å². The number of methoxy groups -OCH3 is 2. The minimum atomic E-state index is -0.621. The van der Waals surface area contributed by atoms with Crippen molar-refractivity contribution in [3.05, 3.63) is 0 Å². The van der Waals surface area contributed by atoms with Gasteiger partial charge in [0.05, 0.1) is 25.2 Å². The van der Waals surface area contributed by atoms with E-state index < -0.39 is 6.10 Å². The van der Waals surface area contributed by atoms with E-state index in [0.29, 0.717) is 43.3 Å². The molecule has 0 bridgehead atoms. The van der Waals surface area contributed by atoms with Crippen LogP contribution in [0, 0.1) is 105 Å². The maximum Gasteiger partial charge on any atom is 0.305 e. The third-order valence-electron chi connectivity index (χ3n) is 22.3. The van der Waals surface area contributed by atoms with Gasteiger partial charge in [0.2, 0.25) is 0 Å². The number of ether oxygens (including phenoxy) is 4. The van der Waals surface area contributed by atoms with Crippen molar-refractivity contribution < 1.29 is 57.6 Å². The van der Waals surface area contributed by atoms with Gasteiger partial charge in [0.15, 0.2) is 5.78 Å². The maximum atomic E-state index is 14.3. The Balaban J connectivity index is 0.000000235. The number of carbonyl (C=O) groups excluding carboxylic acids is 7. The van der Waals surface area contributed by atoms with E-state index in [9.17, 15) is 38.7 Å². The number of esters is 4. The van der Waals surface area contributed by atoms with Gasteiger partial charge in [0.1, 0.15) is 23.8 Å². The number of aliphatic hydroxyl groups is 1. The normalized spacial score (nSPS) is 45.1. The quantitative estimate of drug-likeness (QED) is 0.111. The zero-order valence-electron chi connectivity index (χ0n) is 45.5. The molecule has 0 aromatic carbocycles. The van der Waals surface area contributed by atoms with E-state index in [4.69, 9.17) is 18.9 Å². The summed E-state index contributed by atoms with van der Waals surface area (Å²) in [6.45, 7) is 20.5. The molecule has 0 aliphatic heterocycles. The molecule has 9 unspecified atom stereocenters. The molecule has 0 radical (unpaired) electrons. The summed E-state index contributed by atoms with van der Waals surface area (Å²) < 4.78 is 20.9. The number of halogens is 2. The zero-order chi connectivity index (χ0) is 53.2. The smallest absolute Gasteiger partial charge is 0.305 e. The summed E-state index contributed by atoms with van der Waals surface area (Å²) in [7, 11) is 2.85. The van der Waals surface area contributed by atoms with Crippen LogP contribution in [0.1, 0.15) is 179 Å². The second-order valence-corrected chi connectivity index (χ2v) is 27.2. The van der Waals surface area contributed by atoms with E-state index in [1.165, 1.54) is 28.1 Å². The molecule has 1 N–H and O–H groups in total. The lowest BCUT2D eigenvalue weighted by atomic mass is 9.41. The van der Waals surface area contributed by atoms with Crippen molar-refractivity contribution in [2.24, 2.45) is 105 Å². The number of aliphatic hydroxyl groups excluding tert-OH is 1. The Kier molecular flexibility index (Phi) is 18.9. The van der Waals surface area contributed by atoms with Crippen molar-refractivity contribution in [1.82, 2.24) is 0 Å². The molecule has 8 saturated carbocycles. The molecular weight excluding hydrogens is 1060 g/mol. The van der Waals surface area contributed by atoms with E-state index >= 15 is 0 Å². The molecule has 0 saturated heterocycles. The van der Waals surface area contributed by atoms with Gasteiger partial charge in [-0.1, -0.05) is 94.7 Å². The van der Waals surface area contributed by atoms with Gasteiger partial charge in [-0.2, -0.15) is 0 Å². The predicted molar refractivity (Wildman–Crippen MR) is 286 cm³/mol. The van der Waals surface area contributed by atoms with E-state index in [2.05, 4.69) is 87.2 Å². The highest BCUT2D eigenvalue weighted by atomic mass is 79.9. The maximum absolute atomic E-state index is 14.3. The van der Waals surface area contributed by atoms with Gasteiger partial charge in [0, 0.05) is 67.0 Å². The first-order valence-electron chi connectivity index (χ1n) is 27.9. The first-order chi connectivity index (χ1) is 33.8. The van der Waals surface area contributed by atoms with Crippen LogP contribution >= 0.6 is 31.9 Å². The Morgan fingerprint density at radius 1 is 0.630 bits per heavy atom. The average molecular weight is 1150 g/mol. The van der Waals surface area contributed by atoms with Gasteiger partial charge in [-0.15, -0.1) is 0 Å². The fourth-order valence-corrected chi connectivity index (χ4v) is 20.9. The van der Waals surface area contributed by atoms with E-state index in [-0.39, 0.29) is 157 Å². The van der Waals surface area contributed by atoms with Crippen LogP contribution in [0.5, 0.6) is 0 Å². The van der Waals surface area contributed by atoms with Crippen LogP contribution in [0.4, 0.5) is 0 Å². The van der Waals surface area contributed by atoms with Crippen molar-refractivity contribution in [3.8, 4) is 0 Å². The van der Waals surface area contributed by atoms with Crippen LogP contribution in [0.3, 0.4) is 0 Å². The first-order valence-corrected chi connectivity index (χ1v) is 29.7. The molecule has 8 rings (SSSR count). The average Bonchev–Trinajstić information content (AvgIpc) is 3.88. The molecular formula is C59H92Br2O12. The van der Waals surface area contributed by atoms with Crippen LogP contribution in [0.2, 0.25) is 0 Å². The standard InChI is InChI=1S/C29H45BrO6.C29H43BrO6.CH4/c2*1-7-18-21-14-17(36-16(3)31)12-13-28(21,4)24-23(25(18)33)20-10-9-19(15(2)8-11-22(32)35-6)29(20,5)27(30)26(24)34;/h15,17-21,23-24,26-27,34H,7-14H2,1-6H3;15,17-21,23-24,27H,7-14H2,1-6H3;1H4/t15-,17-,18-,19-,20?,21+,23?,24?,26?,27?,28+,29-;15-,17-,18-,19-,20?,21+,23?,24?,27?,28+,29-;/m11./s1. The molecule has 8 aliphatic rings. The zero-order valence-corrected chi connectivity index (χ0v) is 48.6. The third kappa shape index (κ3) is 10.2. The highest BCUT2D eigenvalue weighted by Gasteiger charge is 2.72. The molecule has 0 aromatic heterocycles. The van der Waals surface area contributed by atoms with Crippen LogP contribution in [-0.4, -0.2) is 88.5 Å². The summed E-state index contributed by atoms with van der Waals surface area (Å²) in [5.74, 6) is 0.595. The number of hydrogen-bond donors (Lipinski definition) is 1. The molecule has 8 fully saturated rings. The molecule has 0 spiro atoms. The number of rotatable bonds is 12. The molecule has 12 nitrogen and oxygen atoms in total. The molecule has 0 aromatic rings. The Morgan fingerprint density at radius 2 is 1.05 bits per heavy atom. The Labute approximate surface area is 454 Å². The second kappa shape index (κ2) is 23.0. The molecule has 0 heterocycles. The van der Waals surface area contributed by atoms with Crippen LogP contribution in [0.25, 0.3) is 0 Å². The molecule has 8 aliphatic carbocycles. The van der Waals surface area contributed by atoms with Gasteiger partial charge in [0.25, 0.3) is 0 Å². The lowest BCUT2D eigenvalue weighted by Gasteiger charge is -2.65. The summed E-state index contributed by atoms with van der Waals surface area (Å²) in [5, 5.41) is 12.0. The third-order valence-corrected chi connectivity index (χ3v) is 25.3. The summed E-state index contributed by atoms with van der Waals surface area (Å²) in [6.07, 6.45) is 11.3. The molecule has 73 heavy (non-hydrogen) atoms. The van der Waals surface area contributed by atoms with E-state index in [1.54, 1.807) is 0 Å². The SMILES string of the molecule is C.CC[C@H]1C(=O)C2C3CC[C@H]([C@H](C)CCC(=O)OC)[C@@]3(C)C(Br)C(=O)C2[C@@]2(C)CC[C@@H](OC(C)=O)C[C@@H]12.CC[C@H]1C(=O)C2C3CC[C@H]([C@H](C)CCC(=O)OC)[C@@]3(C)C(Br)C(O)C2[C@@]2(C)CC[C@@H](OC(C)=O)C[C@@H]12. The number of fused-ring (bicyclic) bond motifs is 10. The van der Waals surface area contributed by atoms with Gasteiger partial charge in [-0.3, -0.25) is 33.6 Å². The Morgan fingerprint density at radius 3 is 1.51 bits per heavy atom. The highest BCUT2D eigenvalue weighted by molar-refractivity contribution is 9.10. The number of hydrogen-bond acceptors (Lipinski definition) is 12. The first kappa shape index (κ1) is 60.0. The minimum Gasteiger partial charge on any atom is -0.469 e. The van der Waals surface area contributed by atoms with Crippen molar-refractivity contribution in [3.63, 3.8) is 0 Å².